The zero-order valence-corrected chi connectivity index (χ0v) is 10.9. The maximum Gasteiger partial charge on any atom is 0.0621 e. The van der Waals surface area contributed by atoms with E-state index in [9.17, 15) is 0 Å². The number of nitrogens with zero attached hydrogens (tertiary/aromatic N) is 1. The molecule has 1 fully saturated rings. The van der Waals surface area contributed by atoms with Gasteiger partial charge in [-0.3, -0.25) is 4.98 Å². The Kier molecular flexibility index (Phi) is 4.37. The van der Waals surface area contributed by atoms with Crippen LogP contribution in [0.15, 0.2) is 18.5 Å². The van der Waals surface area contributed by atoms with Crippen molar-refractivity contribution in [1.29, 1.82) is 0 Å². The van der Waals surface area contributed by atoms with Crippen molar-refractivity contribution in [3.05, 3.63) is 29.0 Å². The molecule has 2 N–H and O–H groups in total. The molecule has 1 aromatic rings. The van der Waals surface area contributed by atoms with E-state index in [1.54, 1.807) is 12.4 Å². The normalized spacial score (nSPS) is 26.1. The second kappa shape index (κ2) is 5.80. The standard InChI is InChI=1S/C13H19ClN2O/c1-2-13-10(4-6-17-13)12(15)7-9-3-5-16-8-11(9)14/h3,5,8,10,12-13H,2,4,6-7,15H2,1H3. The smallest absolute Gasteiger partial charge is 0.0621 e. The Balaban J connectivity index is 2.01. The number of halogens is 1. The van der Waals surface area contributed by atoms with Gasteiger partial charge in [0, 0.05) is 31.0 Å². The van der Waals surface area contributed by atoms with Gasteiger partial charge in [0.1, 0.15) is 0 Å². The topological polar surface area (TPSA) is 48.1 Å². The van der Waals surface area contributed by atoms with E-state index in [-0.39, 0.29) is 6.04 Å². The van der Waals surface area contributed by atoms with Crippen molar-refractivity contribution < 1.29 is 4.74 Å². The summed E-state index contributed by atoms with van der Waals surface area (Å²) in [5.74, 6) is 0.448. The van der Waals surface area contributed by atoms with Gasteiger partial charge < -0.3 is 10.5 Å². The third-order valence-electron chi connectivity index (χ3n) is 3.53. The Bertz CT molecular complexity index is 372. The van der Waals surface area contributed by atoms with E-state index in [1.807, 2.05) is 6.07 Å². The molecule has 0 bridgehead atoms. The summed E-state index contributed by atoms with van der Waals surface area (Å²) in [6.07, 6.45) is 6.63. The van der Waals surface area contributed by atoms with Crippen LogP contribution in [0.5, 0.6) is 0 Å². The minimum atomic E-state index is 0.113. The SMILES string of the molecule is CCC1OCCC1C(N)Cc1ccncc1Cl. The first-order valence-corrected chi connectivity index (χ1v) is 6.55. The van der Waals surface area contributed by atoms with Gasteiger partial charge in [0.2, 0.25) is 0 Å². The molecule has 17 heavy (non-hydrogen) atoms. The highest BCUT2D eigenvalue weighted by Crippen LogP contribution is 2.28. The van der Waals surface area contributed by atoms with Crippen LogP contribution in [0.25, 0.3) is 0 Å². The lowest BCUT2D eigenvalue weighted by molar-refractivity contribution is 0.0814. The zero-order chi connectivity index (χ0) is 12.3. The lowest BCUT2D eigenvalue weighted by Gasteiger charge is -2.24. The van der Waals surface area contributed by atoms with Crippen LogP contribution < -0.4 is 5.73 Å². The van der Waals surface area contributed by atoms with Crippen LogP contribution >= 0.6 is 11.6 Å². The largest absolute Gasteiger partial charge is 0.378 e. The van der Waals surface area contributed by atoms with E-state index in [0.29, 0.717) is 17.0 Å². The second-order valence-corrected chi connectivity index (χ2v) is 5.01. The molecule has 4 heteroatoms. The molecule has 1 aliphatic rings. The summed E-state index contributed by atoms with van der Waals surface area (Å²) >= 11 is 6.10. The Labute approximate surface area is 107 Å². The Morgan fingerprint density at radius 3 is 3.18 bits per heavy atom. The Hall–Kier alpha value is -0.640. The van der Waals surface area contributed by atoms with Crippen molar-refractivity contribution in [2.45, 2.75) is 38.3 Å². The van der Waals surface area contributed by atoms with Crippen LogP contribution in [-0.4, -0.2) is 23.7 Å². The van der Waals surface area contributed by atoms with E-state index in [1.165, 1.54) is 0 Å². The number of hydrogen-bond acceptors (Lipinski definition) is 3. The molecule has 2 heterocycles. The van der Waals surface area contributed by atoms with Crippen molar-refractivity contribution in [3.8, 4) is 0 Å². The van der Waals surface area contributed by atoms with Crippen molar-refractivity contribution in [1.82, 2.24) is 4.98 Å². The second-order valence-electron chi connectivity index (χ2n) is 4.61. The van der Waals surface area contributed by atoms with E-state index in [0.717, 1.165) is 31.4 Å². The van der Waals surface area contributed by atoms with Crippen LogP contribution in [0.4, 0.5) is 0 Å². The van der Waals surface area contributed by atoms with Crippen LogP contribution in [0.1, 0.15) is 25.3 Å². The first kappa shape index (κ1) is 12.8. The average Bonchev–Trinajstić information content (AvgIpc) is 2.80. The highest BCUT2D eigenvalue weighted by atomic mass is 35.5. The molecule has 2 rings (SSSR count). The number of aromatic nitrogens is 1. The molecular formula is C13H19ClN2O. The maximum absolute atomic E-state index is 6.29. The fraction of sp³-hybridized carbons (Fsp3) is 0.615. The molecule has 3 unspecified atom stereocenters. The van der Waals surface area contributed by atoms with Gasteiger partial charge in [-0.2, -0.15) is 0 Å². The summed E-state index contributed by atoms with van der Waals surface area (Å²) in [4.78, 5) is 3.98. The van der Waals surface area contributed by atoms with Crippen LogP contribution in [0.3, 0.4) is 0 Å². The van der Waals surface area contributed by atoms with Crippen molar-refractivity contribution >= 4 is 11.6 Å². The molecule has 3 atom stereocenters. The van der Waals surface area contributed by atoms with E-state index < -0.39 is 0 Å². The van der Waals surface area contributed by atoms with Crippen molar-refractivity contribution in [2.75, 3.05) is 6.61 Å². The zero-order valence-electron chi connectivity index (χ0n) is 10.1. The third-order valence-corrected chi connectivity index (χ3v) is 3.87. The number of rotatable bonds is 4. The Morgan fingerprint density at radius 1 is 1.65 bits per heavy atom. The molecule has 3 nitrogen and oxygen atoms in total. The first-order chi connectivity index (χ1) is 8.22. The summed E-state index contributed by atoms with van der Waals surface area (Å²) in [7, 11) is 0. The van der Waals surface area contributed by atoms with E-state index in [2.05, 4.69) is 11.9 Å². The molecule has 94 valence electrons. The molecular weight excluding hydrogens is 236 g/mol. The maximum atomic E-state index is 6.29. The molecule has 1 aromatic heterocycles. The van der Waals surface area contributed by atoms with Gasteiger partial charge in [0.05, 0.1) is 11.1 Å². The number of nitrogens with two attached hydrogens (primary N) is 1. The minimum absolute atomic E-state index is 0.113. The molecule has 0 radical (unpaired) electrons. The fourth-order valence-electron chi connectivity index (χ4n) is 2.55. The highest BCUT2D eigenvalue weighted by Gasteiger charge is 2.31. The van der Waals surface area contributed by atoms with Crippen molar-refractivity contribution in [2.24, 2.45) is 11.7 Å². The average molecular weight is 255 g/mol. The number of hydrogen-bond donors (Lipinski definition) is 1. The Morgan fingerprint density at radius 2 is 2.47 bits per heavy atom. The van der Waals surface area contributed by atoms with Gasteiger partial charge in [-0.25, -0.2) is 0 Å². The van der Waals surface area contributed by atoms with E-state index >= 15 is 0 Å². The molecule has 1 saturated heterocycles. The van der Waals surface area contributed by atoms with Crippen LogP contribution in [-0.2, 0) is 11.2 Å². The van der Waals surface area contributed by atoms with Gasteiger partial charge in [-0.1, -0.05) is 18.5 Å². The van der Waals surface area contributed by atoms with Crippen molar-refractivity contribution in [3.63, 3.8) is 0 Å². The molecule has 0 aliphatic carbocycles. The number of ether oxygens (including phenoxy) is 1. The summed E-state index contributed by atoms with van der Waals surface area (Å²) in [6, 6.07) is 2.06. The summed E-state index contributed by atoms with van der Waals surface area (Å²) in [6.45, 7) is 2.98. The lowest BCUT2D eigenvalue weighted by Crippen LogP contribution is -2.37. The monoisotopic (exact) mass is 254 g/mol. The van der Waals surface area contributed by atoms with Gasteiger partial charge >= 0.3 is 0 Å². The van der Waals surface area contributed by atoms with Gasteiger partial charge in [-0.05, 0) is 30.9 Å². The molecule has 1 aliphatic heterocycles. The predicted octanol–water partition coefficient (Wildman–Crippen LogP) is 2.42. The molecule has 0 aromatic carbocycles. The molecule has 0 saturated carbocycles. The molecule has 0 amide bonds. The fourth-order valence-corrected chi connectivity index (χ4v) is 2.75. The van der Waals surface area contributed by atoms with Gasteiger partial charge in [-0.15, -0.1) is 0 Å². The third kappa shape index (κ3) is 2.97. The van der Waals surface area contributed by atoms with Crippen LogP contribution in [0, 0.1) is 5.92 Å². The number of pyridine rings is 1. The quantitative estimate of drug-likeness (QED) is 0.898. The summed E-state index contributed by atoms with van der Waals surface area (Å²) in [5.41, 5.74) is 7.37. The first-order valence-electron chi connectivity index (χ1n) is 6.18. The lowest BCUT2D eigenvalue weighted by atomic mass is 9.88. The van der Waals surface area contributed by atoms with Gasteiger partial charge in [0.15, 0.2) is 0 Å². The predicted molar refractivity (Wildman–Crippen MR) is 69.1 cm³/mol. The van der Waals surface area contributed by atoms with E-state index in [4.69, 9.17) is 22.1 Å². The highest BCUT2D eigenvalue weighted by molar-refractivity contribution is 6.31. The van der Waals surface area contributed by atoms with Crippen LogP contribution in [0.2, 0.25) is 5.02 Å². The summed E-state index contributed by atoms with van der Waals surface area (Å²) < 4.78 is 5.68. The minimum Gasteiger partial charge on any atom is -0.378 e. The summed E-state index contributed by atoms with van der Waals surface area (Å²) in [5, 5.41) is 0.704. The molecule has 0 spiro atoms. The van der Waals surface area contributed by atoms with Gasteiger partial charge in [0.25, 0.3) is 0 Å².